The fourth-order valence-corrected chi connectivity index (χ4v) is 3.81. The Morgan fingerprint density at radius 3 is 2.64 bits per heavy atom. The highest BCUT2D eigenvalue weighted by molar-refractivity contribution is 5.13. The SMILES string of the molecule is C[C@@H]1CC=C[C@H](C2(COCc3ccccc3)CCCCC2)O1. The van der Waals surface area contributed by atoms with Gasteiger partial charge in [-0.15, -0.1) is 0 Å². The standard InChI is InChI=1S/C20H28O2/c1-17-9-8-12-19(22-17)20(13-6-3-7-14-20)16-21-15-18-10-4-2-5-11-18/h2,4-5,8,10-12,17,19H,3,6-7,9,13-16H2,1H3/t17-,19-/m1/s1. The predicted molar refractivity (Wildman–Crippen MR) is 89.7 cm³/mol. The first-order valence-corrected chi connectivity index (χ1v) is 8.72. The van der Waals surface area contributed by atoms with Crippen molar-refractivity contribution in [3.8, 4) is 0 Å². The van der Waals surface area contributed by atoms with Crippen LogP contribution in [0, 0.1) is 5.41 Å². The number of rotatable bonds is 5. The highest BCUT2D eigenvalue weighted by Crippen LogP contribution is 2.43. The Morgan fingerprint density at radius 2 is 1.91 bits per heavy atom. The lowest BCUT2D eigenvalue weighted by atomic mass is 9.70. The van der Waals surface area contributed by atoms with Gasteiger partial charge in [0.2, 0.25) is 0 Å². The van der Waals surface area contributed by atoms with Crippen molar-refractivity contribution in [2.24, 2.45) is 5.41 Å². The average molecular weight is 300 g/mol. The van der Waals surface area contributed by atoms with Crippen molar-refractivity contribution >= 4 is 0 Å². The van der Waals surface area contributed by atoms with Crippen molar-refractivity contribution in [3.05, 3.63) is 48.0 Å². The molecule has 1 aliphatic carbocycles. The molecule has 0 unspecified atom stereocenters. The van der Waals surface area contributed by atoms with Crippen LogP contribution in [0.1, 0.15) is 51.0 Å². The fourth-order valence-electron chi connectivity index (χ4n) is 3.81. The molecule has 1 aromatic carbocycles. The quantitative estimate of drug-likeness (QED) is 0.721. The molecule has 0 aromatic heterocycles. The predicted octanol–water partition coefficient (Wildman–Crippen LogP) is 4.89. The first-order chi connectivity index (χ1) is 10.8. The summed E-state index contributed by atoms with van der Waals surface area (Å²) in [5.41, 5.74) is 1.43. The Labute approximate surface area is 134 Å². The molecule has 22 heavy (non-hydrogen) atoms. The summed E-state index contributed by atoms with van der Waals surface area (Å²) in [6.45, 7) is 3.69. The molecule has 2 nitrogen and oxygen atoms in total. The lowest BCUT2D eigenvalue weighted by molar-refractivity contribution is -0.106. The van der Waals surface area contributed by atoms with Crippen LogP contribution < -0.4 is 0 Å². The van der Waals surface area contributed by atoms with Crippen LogP contribution in [0.25, 0.3) is 0 Å². The summed E-state index contributed by atoms with van der Waals surface area (Å²) < 4.78 is 12.4. The van der Waals surface area contributed by atoms with E-state index in [0.29, 0.717) is 12.7 Å². The molecule has 2 atom stereocenters. The van der Waals surface area contributed by atoms with Gasteiger partial charge in [0.1, 0.15) is 0 Å². The number of hydrogen-bond donors (Lipinski definition) is 0. The Morgan fingerprint density at radius 1 is 1.14 bits per heavy atom. The maximum Gasteiger partial charge on any atom is 0.0837 e. The summed E-state index contributed by atoms with van der Waals surface area (Å²) >= 11 is 0. The number of hydrogen-bond acceptors (Lipinski definition) is 2. The smallest absolute Gasteiger partial charge is 0.0837 e. The third-order valence-corrected chi connectivity index (χ3v) is 5.11. The molecule has 2 aliphatic rings. The molecule has 1 saturated carbocycles. The van der Waals surface area contributed by atoms with Crippen molar-refractivity contribution in [1.29, 1.82) is 0 Å². The van der Waals surface area contributed by atoms with E-state index in [9.17, 15) is 0 Å². The lowest BCUT2D eigenvalue weighted by Crippen LogP contribution is -2.44. The van der Waals surface area contributed by atoms with E-state index in [1.165, 1.54) is 37.7 Å². The fraction of sp³-hybridized carbons (Fsp3) is 0.600. The van der Waals surface area contributed by atoms with E-state index in [-0.39, 0.29) is 11.5 Å². The van der Waals surface area contributed by atoms with Crippen molar-refractivity contribution in [3.63, 3.8) is 0 Å². The van der Waals surface area contributed by atoms with E-state index in [4.69, 9.17) is 9.47 Å². The van der Waals surface area contributed by atoms with Gasteiger partial charge < -0.3 is 9.47 Å². The highest BCUT2D eigenvalue weighted by Gasteiger charge is 2.41. The zero-order valence-corrected chi connectivity index (χ0v) is 13.7. The minimum Gasteiger partial charge on any atom is -0.376 e. The van der Waals surface area contributed by atoms with Crippen molar-refractivity contribution in [1.82, 2.24) is 0 Å². The molecule has 0 amide bonds. The molecule has 0 N–H and O–H groups in total. The van der Waals surface area contributed by atoms with E-state index >= 15 is 0 Å². The van der Waals surface area contributed by atoms with E-state index in [1.54, 1.807) is 0 Å². The summed E-state index contributed by atoms with van der Waals surface area (Å²) in [5.74, 6) is 0. The van der Waals surface area contributed by atoms with Gasteiger partial charge in [0, 0.05) is 5.41 Å². The van der Waals surface area contributed by atoms with Gasteiger partial charge in [0.25, 0.3) is 0 Å². The monoisotopic (exact) mass is 300 g/mol. The second kappa shape index (κ2) is 7.43. The molecule has 1 fully saturated rings. The largest absolute Gasteiger partial charge is 0.376 e. The first-order valence-electron chi connectivity index (χ1n) is 8.72. The molecular weight excluding hydrogens is 272 g/mol. The van der Waals surface area contributed by atoms with Crippen LogP contribution in [0.3, 0.4) is 0 Å². The zero-order chi connectivity index (χ0) is 15.3. The molecule has 3 rings (SSSR count). The van der Waals surface area contributed by atoms with Crippen molar-refractivity contribution in [2.45, 2.75) is 64.3 Å². The van der Waals surface area contributed by atoms with E-state index in [0.717, 1.165) is 13.0 Å². The summed E-state index contributed by atoms with van der Waals surface area (Å²) in [4.78, 5) is 0. The summed E-state index contributed by atoms with van der Waals surface area (Å²) in [6.07, 6.45) is 12.6. The Bertz CT molecular complexity index is 474. The zero-order valence-electron chi connectivity index (χ0n) is 13.7. The topological polar surface area (TPSA) is 18.5 Å². The minimum absolute atomic E-state index is 0.179. The second-order valence-corrected chi connectivity index (χ2v) is 6.93. The van der Waals surface area contributed by atoms with Gasteiger partial charge in [0.05, 0.1) is 25.4 Å². The van der Waals surface area contributed by atoms with Gasteiger partial charge in [0.15, 0.2) is 0 Å². The molecule has 120 valence electrons. The maximum absolute atomic E-state index is 6.27. The van der Waals surface area contributed by atoms with Crippen LogP contribution in [0.4, 0.5) is 0 Å². The maximum atomic E-state index is 6.27. The Kier molecular flexibility index (Phi) is 5.32. The average Bonchev–Trinajstić information content (AvgIpc) is 2.57. The molecule has 1 aliphatic heterocycles. The van der Waals surface area contributed by atoms with E-state index < -0.39 is 0 Å². The molecule has 1 aromatic rings. The van der Waals surface area contributed by atoms with Gasteiger partial charge in [-0.25, -0.2) is 0 Å². The van der Waals surface area contributed by atoms with Gasteiger partial charge in [-0.3, -0.25) is 0 Å². The van der Waals surface area contributed by atoms with Crippen LogP contribution in [0.15, 0.2) is 42.5 Å². The van der Waals surface area contributed by atoms with Gasteiger partial charge in [-0.1, -0.05) is 61.7 Å². The normalized spacial score (nSPS) is 27.7. The third-order valence-electron chi connectivity index (χ3n) is 5.11. The molecule has 2 heteroatoms. The molecule has 1 heterocycles. The molecule has 0 saturated heterocycles. The molecule has 0 spiro atoms. The minimum atomic E-state index is 0.179. The van der Waals surface area contributed by atoms with Crippen LogP contribution >= 0.6 is 0 Å². The third kappa shape index (κ3) is 3.80. The van der Waals surface area contributed by atoms with Crippen LogP contribution in [0.2, 0.25) is 0 Å². The lowest BCUT2D eigenvalue weighted by Gasteiger charge is -2.44. The molecule has 0 bridgehead atoms. The highest BCUT2D eigenvalue weighted by atomic mass is 16.5. The van der Waals surface area contributed by atoms with Crippen molar-refractivity contribution in [2.75, 3.05) is 6.61 Å². The molecule has 0 radical (unpaired) electrons. The Balaban J connectivity index is 1.64. The number of ether oxygens (including phenoxy) is 2. The Hall–Kier alpha value is -1.12. The van der Waals surface area contributed by atoms with Gasteiger partial charge >= 0.3 is 0 Å². The van der Waals surface area contributed by atoms with E-state index in [2.05, 4.69) is 43.3 Å². The van der Waals surface area contributed by atoms with Gasteiger partial charge in [-0.2, -0.15) is 0 Å². The summed E-state index contributed by atoms with van der Waals surface area (Å²) in [5, 5.41) is 0. The van der Waals surface area contributed by atoms with Crippen LogP contribution in [-0.2, 0) is 16.1 Å². The molecular formula is C20H28O2. The van der Waals surface area contributed by atoms with Crippen LogP contribution in [-0.4, -0.2) is 18.8 Å². The summed E-state index contributed by atoms with van der Waals surface area (Å²) in [7, 11) is 0. The van der Waals surface area contributed by atoms with Crippen LogP contribution in [0.5, 0.6) is 0 Å². The summed E-state index contributed by atoms with van der Waals surface area (Å²) in [6, 6.07) is 10.5. The number of benzene rings is 1. The second-order valence-electron chi connectivity index (χ2n) is 6.93. The van der Waals surface area contributed by atoms with E-state index in [1.807, 2.05) is 6.07 Å². The first kappa shape index (κ1) is 15.8. The van der Waals surface area contributed by atoms with Crippen molar-refractivity contribution < 1.29 is 9.47 Å². The van der Waals surface area contributed by atoms with Gasteiger partial charge in [-0.05, 0) is 31.7 Å².